The van der Waals surface area contributed by atoms with Crippen molar-refractivity contribution < 1.29 is 14.3 Å². The van der Waals surface area contributed by atoms with Gasteiger partial charge in [-0.1, -0.05) is 12.8 Å². The van der Waals surface area contributed by atoms with Crippen molar-refractivity contribution >= 4 is 45.2 Å². The fraction of sp³-hybridized carbons (Fsp3) is 0.579. The van der Waals surface area contributed by atoms with Crippen molar-refractivity contribution in [1.82, 2.24) is 15.3 Å². The lowest BCUT2D eigenvalue weighted by atomic mass is 9.97. The Morgan fingerprint density at radius 1 is 1.36 bits per heavy atom. The van der Waals surface area contributed by atoms with Gasteiger partial charge in [-0.05, 0) is 39.2 Å². The van der Waals surface area contributed by atoms with Gasteiger partial charge in [-0.2, -0.15) is 0 Å². The van der Waals surface area contributed by atoms with Crippen molar-refractivity contribution in [3.8, 4) is 0 Å². The molecule has 1 unspecified atom stereocenters. The SMILES string of the molecule is COC(=O)C1(NC(=O)C(C)SCc2nc3sc(C)c(C)c3c(=O)[nH]2)CCCC1. The van der Waals surface area contributed by atoms with E-state index in [0.29, 0.717) is 29.8 Å². The van der Waals surface area contributed by atoms with E-state index >= 15 is 0 Å². The molecule has 1 atom stereocenters. The number of aryl methyl sites for hydroxylation is 2. The lowest BCUT2D eigenvalue weighted by Gasteiger charge is -2.28. The molecule has 0 aliphatic heterocycles. The van der Waals surface area contributed by atoms with E-state index in [1.54, 1.807) is 6.92 Å². The number of aromatic nitrogens is 2. The van der Waals surface area contributed by atoms with Gasteiger partial charge in [0, 0.05) is 4.88 Å². The number of H-pyrrole nitrogens is 1. The van der Waals surface area contributed by atoms with Crippen molar-refractivity contribution in [3.63, 3.8) is 0 Å². The molecule has 1 aliphatic carbocycles. The van der Waals surface area contributed by atoms with Crippen LogP contribution in [-0.4, -0.2) is 39.7 Å². The van der Waals surface area contributed by atoms with Gasteiger partial charge in [0.25, 0.3) is 5.56 Å². The van der Waals surface area contributed by atoms with Crippen molar-refractivity contribution in [2.45, 2.75) is 63.0 Å². The highest BCUT2D eigenvalue weighted by molar-refractivity contribution is 7.99. The zero-order valence-electron chi connectivity index (χ0n) is 16.5. The maximum absolute atomic E-state index is 12.6. The van der Waals surface area contributed by atoms with Crippen LogP contribution >= 0.6 is 23.1 Å². The van der Waals surface area contributed by atoms with Gasteiger partial charge in [0.1, 0.15) is 16.2 Å². The minimum atomic E-state index is -0.905. The molecular formula is C19H25N3O4S2. The van der Waals surface area contributed by atoms with Crippen LogP contribution in [0.1, 0.15) is 48.9 Å². The third kappa shape index (κ3) is 3.96. The van der Waals surface area contributed by atoms with E-state index in [1.807, 2.05) is 13.8 Å². The van der Waals surface area contributed by atoms with Crippen molar-refractivity contribution in [1.29, 1.82) is 0 Å². The van der Waals surface area contributed by atoms with Crippen LogP contribution in [0.4, 0.5) is 0 Å². The van der Waals surface area contributed by atoms with Gasteiger partial charge in [0.2, 0.25) is 5.91 Å². The number of fused-ring (bicyclic) bond motifs is 1. The van der Waals surface area contributed by atoms with Crippen LogP contribution in [0, 0.1) is 13.8 Å². The predicted molar refractivity (Wildman–Crippen MR) is 112 cm³/mol. The topological polar surface area (TPSA) is 101 Å². The number of rotatable bonds is 6. The Morgan fingerprint density at radius 2 is 2.04 bits per heavy atom. The number of thioether (sulfide) groups is 1. The normalized spacial score (nSPS) is 16.9. The number of carbonyl (C=O) groups is 2. The van der Waals surface area contributed by atoms with E-state index in [4.69, 9.17) is 4.74 Å². The van der Waals surface area contributed by atoms with Gasteiger partial charge in [-0.15, -0.1) is 23.1 Å². The largest absolute Gasteiger partial charge is 0.467 e. The summed E-state index contributed by atoms with van der Waals surface area (Å²) < 4.78 is 4.90. The summed E-state index contributed by atoms with van der Waals surface area (Å²) in [6.07, 6.45) is 2.99. The maximum Gasteiger partial charge on any atom is 0.331 e. The molecule has 0 aromatic carbocycles. The number of esters is 1. The lowest BCUT2D eigenvalue weighted by Crippen LogP contribution is -2.54. The molecule has 1 fully saturated rings. The zero-order valence-corrected chi connectivity index (χ0v) is 18.1. The van der Waals surface area contributed by atoms with E-state index < -0.39 is 10.8 Å². The van der Waals surface area contributed by atoms with E-state index in [-0.39, 0.29) is 17.4 Å². The van der Waals surface area contributed by atoms with Gasteiger partial charge in [-0.3, -0.25) is 9.59 Å². The molecule has 0 saturated heterocycles. The number of hydrogen-bond acceptors (Lipinski definition) is 7. The van der Waals surface area contributed by atoms with E-state index in [0.717, 1.165) is 28.1 Å². The minimum Gasteiger partial charge on any atom is -0.467 e. The summed E-state index contributed by atoms with van der Waals surface area (Å²) in [5, 5.41) is 3.15. The van der Waals surface area contributed by atoms with Crippen LogP contribution in [0.25, 0.3) is 10.2 Å². The molecule has 7 nitrogen and oxygen atoms in total. The first-order valence-electron chi connectivity index (χ1n) is 9.28. The lowest BCUT2D eigenvalue weighted by molar-refractivity contribution is -0.150. The molecule has 2 N–H and O–H groups in total. The van der Waals surface area contributed by atoms with Gasteiger partial charge in [0.05, 0.1) is 23.5 Å². The molecule has 1 saturated carbocycles. The standard InChI is InChI=1S/C19H25N3O4S2/c1-10-11(2)28-17-14(10)16(24)20-13(21-17)9-27-12(3)15(23)22-19(18(25)26-4)7-5-6-8-19/h12H,5-9H2,1-4H3,(H,22,23)(H,20,21,24). The van der Waals surface area contributed by atoms with Crippen LogP contribution in [0.2, 0.25) is 0 Å². The molecule has 0 spiro atoms. The highest BCUT2D eigenvalue weighted by Gasteiger charge is 2.44. The predicted octanol–water partition coefficient (Wildman–Crippen LogP) is 2.83. The Morgan fingerprint density at radius 3 is 2.68 bits per heavy atom. The molecule has 1 amide bonds. The second kappa shape index (κ2) is 8.24. The summed E-state index contributed by atoms with van der Waals surface area (Å²) in [4.78, 5) is 46.3. The number of hydrogen-bond donors (Lipinski definition) is 2. The van der Waals surface area contributed by atoms with Gasteiger partial charge < -0.3 is 15.0 Å². The summed E-state index contributed by atoms with van der Waals surface area (Å²) in [5.41, 5.74) is -0.0847. The number of carbonyl (C=O) groups excluding carboxylic acids is 2. The second-order valence-electron chi connectivity index (χ2n) is 7.20. The van der Waals surface area contributed by atoms with E-state index in [1.165, 1.54) is 30.2 Å². The first-order chi connectivity index (χ1) is 13.3. The number of nitrogens with zero attached hydrogens (tertiary/aromatic N) is 1. The monoisotopic (exact) mass is 423 g/mol. The van der Waals surface area contributed by atoms with Crippen molar-refractivity contribution in [3.05, 3.63) is 26.6 Å². The third-order valence-electron chi connectivity index (χ3n) is 5.32. The molecule has 152 valence electrons. The summed E-state index contributed by atoms with van der Waals surface area (Å²) in [6.45, 7) is 5.68. The number of thiophene rings is 1. The fourth-order valence-corrected chi connectivity index (χ4v) is 5.34. The average Bonchev–Trinajstić information content (AvgIpc) is 3.24. The summed E-state index contributed by atoms with van der Waals surface area (Å²) in [7, 11) is 1.35. The number of ether oxygens (including phenoxy) is 1. The highest BCUT2D eigenvalue weighted by Crippen LogP contribution is 2.32. The maximum atomic E-state index is 12.6. The summed E-state index contributed by atoms with van der Waals surface area (Å²) >= 11 is 2.88. The van der Waals surface area contributed by atoms with Gasteiger partial charge in [0.15, 0.2) is 0 Å². The summed E-state index contributed by atoms with van der Waals surface area (Å²) in [6, 6.07) is 0. The Kier molecular flexibility index (Phi) is 6.14. The Labute approximate surface area is 171 Å². The Bertz CT molecular complexity index is 960. The Hall–Kier alpha value is -1.87. The molecule has 28 heavy (non-hydrogen) atoms. The number of methoxy groups -OCH3 is 1. The van der Waals surface area contributed by atoms with Crippen LogP contribution < -0.4 is 10.9 Å². The van der Waals surface area contributed by atoms with Gasteiger partial charge in [-0.25, -0.2) is 9.78 Å². The molecule has 9 heteroatoms. The van der Waals surface area contributed by atoms with Crippen LogP contribution in [0.5, 0.6) is 0 Å². The van der Waals surface area contributed by atoms with E-state index in [9.17, 15) is 14.4 Å². The number of nitrogens with one attached hydrogen (secondary N) is 2. The third-order valence-corrected chi connectivity index (χ3v) is 7.58. The number of aromatic amines is 1. The average molecular weight is 424 g/mol. The van der Waals surface area contributed by atoms with Gasteiger partial charge >= 0.3 is 5.97 Å². The van der Waals surface area contributed by atoms with Crippen LogP contribution in [0.3, 0.4) is 0 Å². The molecule has 0 bridgehead atoms. The van der Waals surface area contributed by atoms with Crippen LogP contribution in [-0.2, 0) is 20.1 Å². The molecular weight excluding hydrogens is 398 g/mol. The smallest absolute Gasteiger partial charge is 0.331 e. The minimum absolute atomic E-state index is 0.143. The molecule has 3 rings (SSSR count). The van der Waals surface area contributed by atoms with Crippen molar-refractivity contribution in [2.75, 3.05) is 7.11 Å². The van der Waals surface area contributed by atoms with Crippen molar-refractivity contribution in [2.24, 2.45) is 0 Å². The second-order valence-corrected chi connectivity index (χ2v) is 9.73. The summed E-state index contributed by atoms with van der Waals surface area (Å²) in [5.74, 6) is 0.368. The fourth-order valence-electron chi connectivity index (χ4n) is 3.54. The first kappa shape index (κ1) is 20.9. The quantitative estimate of drug-likeness (QED) is 0.693. The molecule has 2 heterocycles. The molecule has 0 radical (unpaired) electrons. The molecule has 2 aromatic rings. The molecule has 2 aromatic heterocycles. The highest BCUT2D eigenvalue weighted by atomic mass is 32.2. The molecule has 1 aliphatic rings. The Balaban J connectivity index is 1.67. The first-order valence-corrected chi connectivity index (χ1v) is 11.1. The van der Waals surface area contributed by atoms with E-state index in [2.05, 4.69) is 15.3 Å². The van der Waals surface area contributed by atoms with Crippen LogP contribution in [0.15, 0.2) is 4.79 Å². The zero-order chi connectivity index (χ0) is 20.5. The number of amides is 1.